The monoisotopic (exact) mass is 480 g/mol. The van der Waals surface area contributed by atoms with Crippen molar-refractivity contribution in [1.82, 2.24) is 34.7 Å². The summed E-state index contributed by atoms with van der Waals surface area (Å²) in [5.74, 6) is 2.57. The van der Waals surface area contributed by atoms with Crippen LogP contribution in [0.3, 0.4) is 0 Å². The van der Waals surface area contributed by atoms with Crippen LogP contribution in [0.5, 0.6) is 0 Å². The van der Waals surface area contributed by atoms with Gasteiger partial charge in [-0.3, -0.25) is 4.79 Å². The Morgan fingerprint density at radius 3 is 2.33 bits per heavy atom. The molecule has 1 aromatic carbocycles. The second kappa shape index (κ2) is 10.6. The largest absolute Gasteiger partial charge is 0.336 e. The van der Waals surface area contributed by atoms with E-state index in [1.54, 1.807) is 24.5 Å². The Morgan fingerprint density at radius 2 is 1.58 bits per heavy atom. The lowest BCUT2D eigenvalue weighted by Crippen LogP contribution is -2.47. The van der Waals surface area contributed by atoms with Gasteiger partial charge in [0.05, 0.1) is 0 Å². The van der Waals surface area contributed by atoms with Crippen LogP contribution in [0.4, 0.5) is 11.6 Å². The fourth-order valence-electron chi connectivity index (χ4n) is 4.04. The summed E-state index contributed by atoms with van der Waals surface area (Å²) in [6.07, 6.45) is 3.97. The van der Waals surface area contributed by atoms with Crippen molar-refractivity contribution in [2.45, 2.75) is 13.3 Å². The molecule has 1 aliphatic heterocycles. The summed E-state index contributed by atoms with van der Waals surface area (Å²) in [7, 11) is 2.08. The molecule has 4 heterocycles. The number of hydrogen-bond donors (Lipinski definition) is 1. The predicted octanol–water partition coefficient (Wildman–Crippen LogP) is 3.36. The minimum Gasteiger partial charge on any atom is -0.336 e. The van der Waals surface area contributed by atoms with E-state index >= 15 is 0 Å². The maximum absolute atomic E-state index is 12.8. The molecule has 0 atom stereocenters. The second-order valence-electron chi connectivity index (χ2n) is 8.88. The average molecular weight is 481 g/mol. The molecule has 36 heavy (non-hydrogen) atoms. The highest BCUT2D eigenvalue weighted by atomic mass is 16.2. The van der Waals surface area contributed by atoms with Crippen LogP contribution in [-0.4, -0.2) is 73.9 Å². The van der Waals surface area contributed by atoms with Crippen molar-refractivity contribution < 1.29 is 4.79 Å². The van der Waals surface area contributed by atoms with E-state index in [0.717, 1.165) is 43.1 Å². The fraction of sp³-hybridized carbons (Fsp3) is 0.259. The van der Waals surface area contributed by atoms with Crippen molar-refractivity contribution in [1.29, 1.82) is 0 Å². The van der Waals surface area contributed by atoms with Crippen molar-refractivity contribution in [2.75, 3.05) is 38.5 Å². The number of anilines is 2. The van der Waals surface area contributed by atoms with Gasteiger partial charge in [0, 0.05) is 56.3 Å². The van der Waals surface area contributed by atoms with Crippen molar-refractivity contribution in [3.8, 4) is 11.5 Å². The SMILES string of the molecule is Cc1cccc(-c2nccc(Nc3ccnc(Cc4ccc(C(=O)N5CCN(C)CC5)cc4)n3)n2)n1. The molecule has 1 fully saturated rings. The van der Waals surface area contributed by atoms with Crippen LogP contribution in [0.1, 0.15) is 27.4 Å². The Labute approximate surface area is 210 Å². The number of aromatic nitrogens is 5. The number of rotatable bonds is 6. The van der Waals surface area contributed by atoms with Crippen molar-refractivity contribution >= 4 is 17.5 Å². The number of benzene rings is 1. The maximum atomic E-state index is 12.8. The van der Waals surface area contributed by atoms with E-state index in [4.69, 9.17) is 0 Å². The highest BCUT2D eigenvalue weighted by molar-refractivity contribution is 5.94. The molecule has 5 rings (SSSR count). The lowest BCUT2D eigenvalue weighted by atomic mass is 10.1. The molecule has 9 heteroatoms. The highest BCUT2D eigenvalue weighted by Gasteiger charge is 2.20. The summed E-state index contributed by atoms with van der Waals surface area (Å²) in [6, 6.07) is 17.1. The van der Waals surface area contributed by atoms with Gasteiger partial charge in [-0.15, -0.1) is 0 Å². The maximum Gasteiger partial charge on any atom is 0.253 e. The molecule has 0 spiro atoms. The molecule has 0 radical (unpaired) electrons. The molecule has 0 aliphatic carbocycles. The third-order valence-electron chi connectivity index (χ3n) is 6.09. The van der Waals surface area contributed by atoms with Gasteiger partial charge in [0.25, 0.3) is 5.91 Å². The average Bonchev–Trinajstić information content (AvgIpc) is 2.90. The summed E-state index contributed by atoms with van der Waals surface area (Å²) in [6.45, 7) is 5.28. The van der Waals surface area contributed by atoms with Crippen molar-refractivity contribution in [3.63, 3.8) is 0 Å². The summed E-state index contributed by atoms with van der Waals surface area (Å²) in [4.78, 5) is 39.4. The van der Waals surface area contributed by atoms with Crippen molar-refractivity contribution in [2.24, 2.45) is 0 Å². The zero-order valence-electron chi connectivity index (χ0n) is 20.4. The summed E-state index contributed by atoms with van der Waals surface area (Å²) < 4.78 is 0. The molecule has 4 aromatic rings. The van der Waals surface area contributed by atoms with E-state index in [-0.39, 0.29) is 5.91 Å². The Morgan fingerprint density at radius 1 is 0.861 bits per heavy atom. The van der Waals surface area contributed by atoms with E-state index < -0.39 is 0 Å². The summed E-state index contributed by atoms with van der Waals surface area (Å²) >= 11 is 0. The predicted molar refractivity (Wildman–Crippen MR) is 138 cm³/mol. The molecule has 1 saturated heterocycles. The topological polar surface area (TPSA) is 100 Å². The van der Waals surface area contributed by atoms with Crippen LogP contribution in [0, 0.1) is 6.92 Å². The first-order valence-corrected chi connectivity index (χ1v) is 12.0. The molecule has 1 amide bonds. The number of pyridine rings is 1. The van der Waals surface area contributed by atoms with Gasteiger partial charge in [0.15, 0.2) is 5.82 Å². The van der Waals surface area contributed by atoms with E-state index in [1.165, 1.54) is 0 Å². The second-order valence-corrected chi connectivity index (χ2v) is 8.88. The standard InChI is InChI=1S/C27H28N8O/c1-19-4-3-5-22(30-19)26-29-13-11-24(33-26)31-23-10-12-28-25(32-23)18-20-6-8-21(9-7-20)27(36)35-16-14-34(2)15-17-35/h3-13H,14-18H2,1-2H3,(H,28,29,31,32,33). The molecule has 1 N–H and O–H groups in total. The Bertz CT molecular complexity index is 1350. The number of aryl methyl sites for hydroxylation is 1. The van der Waals surface area contributed by atoms with Gasteiger partial charge < -0.3 is 15.1 Å². The van der Waals surface area contributed by atoms with E-state index in [1.807, 2.05) is 54.3 Å². The number of carbonyl (C=O) groups is 1. The van der Waals surface area contributed by atoms with Crippen LogP contribution in [-0.2, 0) is 6.42 Å². The number of hydrogen-bond acceptors (Lipinski definition) is 8. The number of nitrogens with zero attached hydrogens (tertiary/aromatic N) is 7. The van der Waals surface area contributed by atoms with Gasteiger partial charge in [0.1, 0.15) is 23.2 Å². The Kier molecular flexibility index (Phi) is 6.90. The number of likely N-dealkylation sites (N-methyl/N-ethyl adjacent to an activating group) is 1. The Hall–Kier alpha value is -4.24. The fourth-order valence-corrected chi connectivity index (χ4v) is 4.04. The lowest BCUT2D eigenvalue weighted by Gasteiger charge is -2.32. The number of amides is 1. The third kappa shape index (κ3) is 5.69. The van der Waals surface area contributed by atoms with Gasteiger partial charge in [-0.1, -0.05) is 18.2 Å². The van der Waals surface area contributed by atoms with Crippen LogP contribution in [0.25, 0.3) is 11.5 Å². The van der Waals surface area contributed by atoms with Crippen LogP contribution in [0.15, 0.2) is 67.0 Å². The molecule has 1 aliphatic rings. The minimum atomic E-state index is 0.0854. The molecular weight excluding hydrogens is 452 g/mol. The van der Waals surface area contributed by atoms with Crippen LogP contribution >= 0.6 is 0 Å². The summed E-state index contributed by atoms with van der Waals surface area (Å²) in [5.41, 5.74) is 3.38. The molecule has 182 valence electrons. The molecule has 0 bridgehead atoms. The van der Waals surface area contributed by atoms with Crippen molar-refractivity contribution in [3.05, 3.63) is 89.6 Å². The zero-order chi connectivity index (χ0) is 24.9. The smallest absolute Gasteiger partial charge is 0.253 e. The van der Waals surface area contributed by atoms with Gasteiger partial charge in [-0.05, 0) is 55.9 Å². The van der Waals surface area contributed by atoms with E-state index in [0.29, 0.717) is 35.3 Å². The molecule has 0 unspecified atom stereocenters. The van der Waals surface area contributed by atoms with Gasteiger partial charge >= 0.3 is 0 Å². The first kappa shape index (κ1) is 23.5. The number of carbonyl (C=O) groups excluding carboxylic acids is 1. The quantitative estimate of drug-likeness (QED) is 0.448. The summed E-state index contributed by atoms with van der Waals surface area (Å²) in [5, 5.41) is 3.23. The molecule has 9 nitrogen and oxygen atoms in total. The zero-order valence-corrected chi connectivity index (χ0v) is 20.4. The number of nitrogens with one attached hydrogen (secondary N) is 1. The van der Waals surface area contributed by atoms with Gasteiger partial charge in [-0.25, -0.2) is 24.9 Å². The molecule has 0 saturated carbocycles. The molecule has 3 aromatic heterocycles. The van der Waals surface area contributed by atoms with E-state index in [2.05, 4.69) is 42.2 Å². The lowest BCUT2D eigenvalue weighted by molar-refractivity contribution is 0.0664. The first-order chi connectivity index (χ1) is 17.5. The van der Waals surface area contributed by atoms with E-state index in [9.17, 15) is 4.79 Å². The number of piperazine rings is 1. The highest BCUT2D eigenvalue weighted by Crippen LogP contribution is 2.18. The van der Waals surface area contributed by atoms with Crippen LogP contribution < -0.4 is 5.32 Å². The Balaban J connectivity index is 1.24. The first-order valence-electron chi connectivity index (χ1n) is 12.0. The van der Waals surface area contributed by atoms with Gasteiger partial charge in [0.2, 0.25) is 0 Å². The van der Waals surface area contributed by atoms with Crippen LogP contribution in [0.2, 0.25) is 0 Å². The normalized spacial score (nSPS) is 14.0. The minimum absolute atomic E-state index is 0.0854. The molecular formula is C27H28N8O. The van der Waals surface area contributed by atoms with Gasteiger partial charge in [-0.2, -0.15) is 0 Å². The third-order valence-corrected chi connectivity index (χ3v) is 6.09.